The minimum atomic E-state index is -4.63. The van der Waals surface area contributed by atoms with Gasteiger partial charge in [0.25, 0.3) is 5.69 Å². The van der Waals surface area contributed by atoms with Crippen molar-refractivity contribution in [2.75, 3.05) is 0 Å². The Morgan fingerprint density at radius 3 is 2.43 bits per heavy atom. The number of hydrogen-bond acceptors (Lipinski definition) is 3. The summed E-state index contributed by atoms with van der Waals surface area (Å²) in [5.74, 6) is -0.829. The van der Waals surface area contributed by atoms with Crippen LogP contribution >= 0.6 is 0 Å². The van der Waals surface area contributed by atoms with E-state index in [2.05, 4.69) is 0 Å². The summed E-state index contributed by atoms with van der Waals surface area (Å²) in [5, 5.41) is 10.7. The van der Waals surface area contributed by atoms with E-state index in [0.717, 1.165) is 18.2 Å². The van der Waals surface area contributed by atoms with Gasteiger partial charge in [-0.25, -0.2) is 0 Å². The molecule has 118 valence electrons. The summed E-state index contributed by atoms with van der Waals surface area (Å²) in [5.41, 5.74) is -1.32. The number of non-ortho nitro benzene ring substituents is 1. The molecule has 2 rings (SSSR count). The number of allylic oxidation sites excluding steroid dienone is 1. The van der Waals surface area contributed by atoms with Gasteiger partial charge in [-0.3, -0.25) is 14.9 Å². The van der Waals surface area contributed by atoms with E-state index in [4.69, 9.17) is 0 Å². The summed E-state index contributed by atoms with van der Waals surface area (Å²) >= 11 is 0. The fourth-order valence-corrected chi connectivity index (χ4v) is 1.95. The van der Waals surface area contributed by atoms with Crippen LogP contribution in [0.4, 0.5) is 18.9 Å². The SMILES string of the molecule is O=C(/C=C/c1cccc([N+](=O)[O-])c1)c1ccccc1C(F)(F)F. The highest BCUT2D eigenvalue weighted by molar-refractivity contribution is 6.07. The zero-order chi connectivity index (χ0) is 17.0. The third kappa shape index (κ3) is 4.03. The molecule has 0 aromatic heterocycles. The summed E-state index contributed by atoms with van der Waals surface area (Å²) in [6.07, 6.45) is -2.43. The molecule has 0 unspecified atom stereocenters. The predicted molar refractivity (Wildman–Crippen MR) is 77.9 cm³/mol. The van der Waals surface area contributed by atoms with Crippen LogP contribution in [0.15, 0.2) is 54.6 Å². The van der Waals surface area contributed by atoms with E-state index < -0.39 is 28.0 Å². The number of nitrogens with zero attached hydrogens (tertiary/aromatic N) is 1. The molecule has 0 spiro atoms. The van der Waals surface area contributed by atoms with Crippen LogP contribution in [0.1, 0.15) is 21.5 Å². The molecule has 0 aliphatic rings. The second kappa shape index (κ2) is 6.43. The lowest BCUT2D eigenvalue weighted by atomic mass is 10.0. The fraction of sp³-hybridized carbons (Fsp3) is 0.0625. The van der Waals surface area contributed by atoms with Crippen molar-refractivity contribution in [1.82, 2.24) is 0 Å². The van der Waals surface area contributed by atoms with E-state index in [0.29, 0.717) is 5.56 Å². The molecule has 0 N–H and O–H groups in total. The molecule has 2 aromatic rings. The van der Waals surface area contributed by atoms with Gasteiger partial charge in [0, 0.05) is 17.7 Å². The van der Waals surface area contributed by atoms with Crippen LogP contribution in [0.25, 0.3) is 6.08 Å². The molecule has 0 atom stereocenters. The summed E-state index contributed by atoms with van der Waals surface area (Å²) in [6, 6.07) is 9.88. The highest BCUT2D eigenvalue weighted by atomic mass is 19.4. The van der Waals surface area contributed by atoms with Crippen LogP contribution in [0.3, 0.4) is 0 Å². The number of nitro benzene ring substituents is 1. The summed E-state index contributed by atoms with van der Waals surface area (Å²) in [7, 11) is 0. The Balaban J connectivity index is 2.30. The monoisotopic (exact) mass is 321 g/mol. The predicted octanol–water partition coefficient (Wildman–Crippen LogP) is 4.51. The average Bonchev–Trinajstić information content (AvgIpc) is 2.52. The molecule has 0 heterocycles. The Morgan fingerprint density at radius 2 is 1.78 bits per heavy atom. The number of carbonyl (C=O) groups is 1. The molecule has 0 aliphatic heterocycles. The maximum absolute atomic E-state index is 12.9. The molecule has 2 aromatic carbocycles. The third-order valence-corrected chi connectivity index (χ3v) is 3.01. The zero-order valence-electron chi connectivity index (χ0n) is 11.6. The lowest BCUT2D eigenvalue weighted by Crippen LogP contribution is -2.11. The lowest BCUT2D eigenvalue weighted by molar-refractivity contribution is -0.384. The van der Waals surface area contributed by atoms with Crippen molar-refractivity contribution in [2.24, 2.45) is 0 Å². The quantitative estimate of drug-likeness (QED) is 0.360. The maximum Gasteiger partial charge on any atom is 0.417 e. The number of nitro groups is 1. The van der Waals surface area contributed by atoms with E-state index in [1.54, 1.807) is 0 Å². The Labute approximate surface area is 129 Å². The van der Waals surface area contributed by atoms with E-state index in [1.807, 2.05) is 0 Å². The van der Waals surface area contributed by atoms with Gasteiger partial charge < -0.3 is 0 Å². The largest absolute Gasteiger partial charge is 0.417 e. The van der Waals surface area contributed by atoms with Crippen LogP contribution in [0, 0.1) is 10.1 Å². The minimum absolute atomic E-state index is 0.171. The highest BCUT2D eigenvalue weighted by Crippen LogP contribution is 2.32. The Hall–Kier alpha value is -2.96. The molecule has 4 nitrogen and oxygen atoms in total. The highest BCUT2D eigenvalue weighted by Gasteiger charge is 2.34. The molecular weight excluding hydrogens is 311 g/mol. The number of halogens is 3. The van der Waals surface area contributed by atoms with Crippen LogP contribution in [0.5, 0.6) is 0 Å². The van der Waals surface area contributed by atoms with E-state index in [-0.39, 0.29) is 5.69 Å². The second-order valence-electron chi connectivity index (χ2n) is 4.59. The van der Waals surface area contributed by atoms with Gasteiger partial charge >= 0.3 is 6.18 Å². The van der Waals surface area contributed by atoms with Crippen LogP contribution in [-0.4, -0.2) is 10.7 Å². The number of carbonyl (C=O) groups excluding carboxylic acids is 1. The van der Waals surface area contributed by atoms with E-state index >= 15 is 0 Å². The first-order valence-corrected chi connectivity index (χ1v) is 6.42. The number of hydrogen-bond donors (Lipinski definition) is 0. The molecular formula is C16H10F3NO3. The zero-order valence-corrected chi connectivity index (χ0v) is 11.6. The topological polar surface area (TPSA) is 60.2 Å². The summed E-state index contributed by atoms with van der Waals surface area (Å²) < 4.78 is 38.6. The van der Waals surface area contributed by atoms with Crippen molar-refractivity contribution < 1.29 is 22.9 Å². The number of ketones is 1. The maximum atomic E-state index is 12.9. The molecule has 0 saturated carbocycles. The smallest absolute Gasteiger partial charge is 0.289 e. The van der Waals surface area contributed by atoms with Crippen LogP contribution in [0.2, 0.25) is 0 Å². The van der Waals surface area contributed by atoms with Crippen molar-refractivity contribution in [3.05, 3.63) is 81.4 Å². The first-order valence-electron chi connectivity index (χ1n) is 6.42. The van der Waals surface area contributed by atoms with Gasteiger partial charge in [0.15, 0.2) is 5.78 Å². The normalized spacial score (nSPS) is 11.6. The van der Waals surface area contributed by atoms with Gasteiger partial charge in [0.05, 0.1) is 10.5 Å². The standard InChI is InChI=1S/C16H10F3NO3/c17-16(18,19)14-7-2-1-6-13(14)15(21)9-8-11-4-3-5-12(10-11)20(22)23/h1-10H/b9-8+. The van der Waals surface area contributed by atoms with Crippen molar-refractivity contribution in [2.45, 2.75) is 6.18 Å². The van der Waals surface area contributed by atoms with Crippen LogP contribution in [-0.2, 0) is 6.18 Å². The Kier molecular flexibility index (Phi) is 4.59. The van der Waals surface area contributed by atoms with Crippen molar-refractivity contribution in [3.63, 3.8) is 0 Å². The van der Waals surface area contributed by atoms with Crippen molar-refractivity contribution >= 4 is 17.5 Å². The number of rotatable bonds is 4. The van der Waals surface area contributed by atoms with Gasteiger partial charge in [-0.2, -0.15) is 13.2 Å². The number of benzene rings is 2. The van der Waals surface area contributed by atoms with Crippen molar-refractivity contribution in [3.8, 4) is 0 Å². The molecule has 23 heavy (non-hydrogen) atoms. The molecule has 0 fully saturated rings. The van der Waals surface area contributed by atoms with Gasteiger partial charge in [-0.15, -0.1) is 0 Å². The van der Waals surface area contributed by atoms with Crippen molar-refractivity contribution in [1.29, 1.82) is 0 Å². The van der Waals surface area contributed by atoms with Gasteiger partial charge in [-0.1, -0.05) is 36.4 Å². The lowest BCUT2D eigenvalue weighted by Gasteiger charge is -2.10. The Morgan fingerprint density at radius 1 is 1.09 bits per heavy atom. The number of alkyl halides is 3. The molecule has 0 radical (unpaired) electrons. The summed E-state index contributed by atoms with van der Waals surface area (Å²) in [4.78, 5) is 22.0. The van der Waals surface area contributed by atoms with E-state index in [1.165, 1.54) is 42.5 Å². The van der Waals surface area contributed by atoms with Gasteiger partial charge in [0.2, 0.25) is 0 Å². The third-order valence-electron chi connectivity index (χ3n) is 3.01. The molecule has 0 bridgehead atoms. The molecule has 0 saturated heterocycles. The van der Waals surface area contributed by atoms with Gasteiger partial charge in [-0.05, 0) is 17.7 Å². The van der Waals surface area contributed by atoms with E-state index in [9.17, 15) is 28.1 Å². The van der Waals surface area contributed by atoms with Crippen LogP contribution < -0.4 is 0 Å². The minimum Gasteiger partial charge on any atom is -0.289 e. The first-order chi connectivity index (χ1) is 10.8. The first kappa shape index (κ1) is 16.4. The van der Waals surface area contributed by atoms with Gasteiger partial charge in [0.1, 0.15) is 0 Å². The second-order valence-corrected chi connectivity index (χ2v) is 4.59. The molecule has 0 amide bonds. The molecule has 7 heteroatoms. The fourth-order valence-electron chi connectivity index (χ4n) is 1.95. The Bertz CT molecular complexity index is 782. The average molecular weight is 321 g/mol. The summed E-state index contributed by atoms with van der Waals surface area (Å²) in [6.45, 7) is 0. The molecule has 0 aliphatic carbocycles.